The average Bonchev–Trinajstić information content (AvgIpc) is 3.04. The standard InChI is InChI=1S/C16H29B2O8PS/c1-8(2)22-6-10-12(5-13(17)25-10)28-27(20,21)23-7-11-15(24-9(3)4)14(19)16(18)26-11/h8-16,19H,5-7H2,1-4H3,(H,20,21)/p-1/t10-,11-,12-,13-,14?,15+,16-/m1/s1. The SMILES string of the molecule is [B][C@@H]1O[C@H](COP(=O)([O-])S[C@@H]2C[C@H]([B])O[C@@H]2COC(C)C)[C@H](OC(C)C)C1O. The summed E-state index contributed by atoms with van der Waals surface area (Å²) in [6.45, 7) is 3.02. The molecule has 0 aromatic carbocycles. The van der Waals surface area contributed by atoms with E-state index in [4.69, 9.17) is 39.2 Å². The van der Waals surface area contributed by atoms with E-state index in [-0.39, 0.29) is 25.4 Å². The predicted molar refractivity (Wildman–Crippen MR) is 105 cm³/mol. The molecule has 12 heteroatoms. The zero-order valence-electron chi connectivity index (χ0n) is 16.6. The van der Waals surface area contributed by atoms with Gasteiger partial charge in [-0.25, -0.2) is 0 Å². The predicted octanol–water partition coefficient (Wildman–Crippen LogP) is 0.330. The van der Waals surface area contributed by atoms with Crippen molar-refractivity contribution >= 4 is 33.9 Å². The summed E-state index contributed by atoms with van der Waals surface area (Å²) in [5.74, 6) is 0. The lowest BCUT2D eigenvalue weighted by Gasteiger charge is -2.30. The van der Waals surface area contributed by atoms with Gasteiger partial charge in [-0.15, -0.1) is 0 Å². The summed E-state index contributed by atoms with van der Waals surface area (Å²) in [5, 5.41) is 9.67. The Morgan fingerprint density at radius 2 is 1.86 bits per heavy atom. The summed E-state index contributed by atoms with van der Waals surface area (Å²) in [6.07, 6.45) is -2.89. The fraction of sp³-hybridized carbons (Fsp3) is 1.00. The van der Waals surface area contributed by atoms with Crippen LogP contribution in [0.1, 0.15) is 34.1 Å². The van der Waals surface area contributed by atoms with Crippen molar-refractivity contribution in [3.05, 3.63) is 0 Å². The zero-order valence-corrected chi connectivity index (χ0v) is 18.3. The molecule has 0 spiro atoms. The molecule has 0 amide bonds. The minimum atomic E-state index is -4.29. The molecule has 2 aliphatic heterocycles. The second-order valence-electron chi connectivity index (χ2n) is 7.50. The Morgan fingerprint density at radius 1 is 1.18 bits per heavy atom. The molecule has 0 bridgehead atoms. The summed E-state index contributed by atoms with van der Waals surface area (Å²) in [4.78, 5) is 12.5. The van der Waals surface area contributed by atoms with Crippen molar-refractivity contribution in [1.29, 1.82) is 0 Å². The maximum atomic E-state index is 12.5. The highest BCUT2D eigenvalue weighted by Gasteiger charge is 2.43. The van der Waals surface area contributed by atoms with Crippen molar-refractivity contribution < 1.29 is 38.0 Å². The van der Waals surface area contributed by atoms with E-state index in [0.717, 1.165) is 0 Å². The maximum Gasteiger partial charge on any atom is 0.192 e. The van der Waals surface area contributed by atoms with E-state index >= 15 is 0 Å². The molecule has 2 fully saturated rings. The van der Waals surface area contributed by atoms with Crippen LogP contribution in [-0.2, 0) is 28.0 Å². The van der Waals surface area contributed by atoms with Crippen molar-refractivity contribution in [1.82, 2.24) is 0 Å². The molecule has 2 rings (SSSR count). The molecule has 8 nitrogen and oxygen atoms in total. The summed E-state index contributed by atoms with van der Waals surface area (Å²) in [6, 6.07) is -1.51. The molecule has 2 saturated heterocycles. The van der Waals surface area contributed by atoms with Crippen LogP contribution in [0.3, 0.4) is 0 Å². The molecule has 0 aromatic heterocycles. The first-order valence-electron chi connectivity index (χ1n) is 9.39. The van der Waals surface area contributed by atoms with Gasteiger partial charge in [0.05, 0.1) is 31.5 Å². The van der Waals surface area contributed by atoms with Gasteiger partial charge in [0.15, 0.2) is 6.80 Å². The van der Waals surface area contributed by atoms with Gasteiger partial charge in [-0.3, -0.25) is 4.57 Å². The molecular weight excluding hydrogens is 405 g/mol. The Kier molecular flexibility index (Phi) is 9.39. The number of rotatable bonds is 10. The Balaban J connectivity index is 1.90. The number of hydrogen-bond acceptors (Lipinski definition) is 9. The highest BCUT2D eigenvalue weighted by Crippen LogP contribution is 2.57. The molecule has 28 heavy (non-hydrogen) atoms. The number of aliphatic hydroxyl groups is 1. The van der Waals surface area contributed by atoms with E-state index in [0.29, 0.717) is 17.8 Å². The van der Waals surface area contributed by atoms with Crippen LogP contribution in [0.25, 0.3) is 0 Å². The van der Waals surface area contributed by atoms with E-state index in [9.17, 15) is 14.6 Å². The molecule has 0 aliphatic carbocycles. The van der Waals surface area contributed by atoms with Crippen molar-refractivity contribution in [2.24, 2.45) is 0 Å². The normalized spacial score (nSPS) is 38.4. The highest BCUT2D eigenvalue weighted by atomic mass is 32.7. The molecule has 158 valence electrons. The zero-order chi connectivity index (χ0) is 21.1. The first-order valence-corrected chi connectivity index (χ1v) is 12.4. The molecule has 0 saturated carbocycles. The van der Waals surface area contributed by atoms with Gasteiger partial charge in [-0.05, 0) is 34.1 Å². The van der Waals surface area contributed by atoms with Crippen LogP contribution in [0.5, 0.6) is 0 Å². The summed E-state index contributed by atoms with van der Waals surface area (Å²) >= 11 is 0.676. The van der Waals surface area contributed by atoms with Crippen molar-refractivity contribution in [2.75, 3.05) is 13.2 Å². The molecule has 2 aliphatic rings. The second kappa shape index (κ2) is 10.6. The Hall–Kier alpha value is 0.430. The van der Waals surface area contributed by atoms with Crippen molar-refractivity contribution in [3.63, 3.8) is 0 Å². The molecule has 2 unspecified atom stereocenters. The summed E-state index contributed by atoms with van der Waals surface area (Å²) < 4.78 is 39.7. The topological polar surface area (TPSA) is 107 Å². The highest BCUT2D eigenvalue weighted by molar-refractivity contribution is 8.54. The van der Waals surface area contributed by atoms with Gasteiger partial charge in [-0.2, -0.15) is 0 Å². The third-order valence-corrected chi connectivity index (χ3v) is 7.68. The van der Waals surface area contributed by atoms with Crippen LogP contribution in [-0.4, -0.2) is 87.9 Å². The van der Waals surface area contributed by atoms with Crippen molar-refractivity contribution in [3.8, 4) is 0 Å². The minimum Gasteiger partial charge on any atom is -0.770 e. The molecule has 2 heterocycles. The van der Waals surface area contributed by atoms with Crippen LogP contribution in [0.15, 0.2) is 0 Å². The van der Waals surface area contributed by atoms with E-state index in [1.165, 1.54) is 0 Å². The van der Waals surface area contributed by atoms with Crippen LogP contribution >= 0.6 is 18.2 Å². The fourth-order valence-electron chi connectivity index (χ4n) is 3.04. The molecule has 1 N–H and O–H groups in total. The Morgan fingerprint density at radius 3 is 2.46 bits per heavy atom. The molecule has 4 radical (unpaired) electrons. The minimum absolute atomic E-state index is 0.00516. The first kappa shape index (κ1) is 24.7. The van der Waals surface area contributed by atoms with Crippen LogP contribution in [0, 0.1) is 0 Å². The number of ether oxygens (including phenoxy) is 4. The third kappa shape index (κ3) is 7.29. The van der Waals surface area contributed by atoms with Gasteiger partial charge in [0.25, 0.3) is 0 Å². The van der Waals surface area contributed by atoms with Crippen LogP contribution in [0.2, 0.25) is 0 Å². The summed E-state index contributed by atoms with van der Waals surface area (Å²) in [7, 11) is 11.5. The van der Waals surface area contributed by atoms with Crippen molar-refractivity contribution in [2.45, 2.75) is 88.0 Å². The first-order chi connectivity index (χ1) is 13.0. The van der Waals surface area contributed by atoms with Gasteiger partial charge in [-0.1, -0.05) is 11.4 Å². The van der Waals surface area contributed by atoms with E-state index in [1.54, 1.807) is 13.8 Å². The molecule has 8 atom stereocenters. The average molecular weight is 433 g/mol. The van der Waals surface area contributed by atoms with Gasteiger partial charge < -0.3 is 33.5 Å². The fourth-order valence-corrected chi connectivity index (χ4v) is 6.34. The molecular formula is C16H28B2O8PS-. The maximum absolute atomic E-state index is 12.5. The molecule has 0 aromatic rings. The quantitative estimate of drug-likeness (QED) is 0.386. The lowest BCUT2D eigenvalue weighted by atomic mass is 9.93. The van der Waals surface area contributed by atoms with Gasteiger partial charge in [0, 0.05) is 17.3 Å². The summed E-state index contributed by atoms with van der Waals surface area (Å²) in [5.41, 5.74) is 0. The van der Waals surface area contributed by atoms with Gasteiger partial charge in [0.1, 0.15) is 34.0 Å². The van der Waals surface area contributed by atoms with Crippen LogP contribution < -0.4 is 4.89 Å². The van der Waals surface area contributed by atoms with Gasteiger partial charge >= 0.3 is 0 Å². The van der Waals surface area contributed by atoms with Crippen LogP contribution in [0.4, 0.5) is 0 Å². The van der Waals surface area contributed by atoms with E-state index in [2.05, 4.69) is 0 Å². The lowest BCUT2D eigenvalue weighted by molar-refractivity contribution is -0.193. The second-order valence-corrected chi connectivity index (χ2v) is 11.4. The number of aliphatic hydroxyl groups excluding tert-OH is 1. The smallest absolute Gasteiger partial charge is 0.192 e. The van der Waals surface area contributed by atoms with E-state index in [1.807, 2.05) is 13.8 Å². The lowest BCUT2D eigenvalue weighted by Crippen LogP contribution is -2.39. The monoisotopic (exact) mass is 433 g/mol. The van der Waals surface area contributed by atoms with Gasteiger partial charge in [0.2, 0.25) is 0 Å². The Labute approximate surface area is 173 Å². The Bertz CT molecular complexity index is 543. The number of hydrogen-bond donors (Lipinski definition) is 1. The third-order valence-electron chi connectivity index (χ3n) is 4.28. The largest absolute Gasteiger partial charge is 0.770 e. The van der Waals surface area contributed by atoms with E-state index < -0.39 is 48.5 Å².